The molecular weight excluding hydrogens is 208 g/mol. The Balaban J connectivity index is 2.06. The standard InChI is InChI=1S/C10H18N4S/c1-10(2)5-4-7(8(10)11)15-9-13-12-6-14(9)3/h6-8H,4-5,11H2,1-3H3. The van der Waals surface area contributed by atoms with Crippen molar-refractivity contribution in [2.75, 3.05) is 0 Å². The molecule has 2 N–H and O–H groups in total. The summed E-state index contributed by atoms with van der Waals surface area (Å²) in [6.45, 7) is 4.49. The quantitative estimate of drug-likeness (QED) is 0.828. The molecule has 84 valence electrons. The summed E-state index contributed by atoms with van der Waals surface area (Å²) in [5.41, 5.74) is 6.51. The zero-order valence-electron chi connectivity index (χ0n) is 9.47. The molecule has 0 aromatic carbocycles. The van der Waals surface area contributed by atoms with Crippen molar-refractivity contribution in [2.45, 2.75) is 43.1 Å². The van der Waals surface area contributed by atoms with Crippen LogP contribution in [0, 0.1) is 5.41 Å². The van der Waals surface area contributed by atoms with Crippen molar-refractivity contribution in [1.82, 2.24) is 14.8 Å². The molecule has 0 bridgehead atoms. The Morgan fingerprint density at radius 3 is 2.80 bits per heavy atom. The second kappa shape index (κ2) is 3.79. The lowest BCUT2D eigenvalue weighted by Gasteiger charge is -2.26. The van der Waals surface area contributed by atoms with Gasteiger partial charge in [-0.3, -0.25) is 0 Å². The van der Waals surface area contributed by atoms with Crippen molar-refractivity contribution in [3.05, 3.63) is 6.33 Å². The van der Waals surface area contributed by atoms with Crippen LogP contribution in [0.4, 0.5) is 0 Å². The van der Waals surface area contributed by atoms with E-state index in [2.05, 4.69) is 24.0 Å². The molecule has 4 nitrogen and oxygen atoms in total. The summed E-state index contributed by atoms with van der Waals surface area (Å²) >= 11 is 1.76. The Morgan fingerprint density at radius 2 is 2.33 bits per heavy atom. The largest absolute Gasteiger partial charge is 0.326 e. The molecule has 0 aliphatic heterocycles. The van der Waals surface area contributed by atoms with E-state index in [1.807, 2.05) is 11.6 Å². The number of nitrogens with zero attached hydrogens (tertiary/aromatic N) is 3. The molecule has 1 fully saturated rings. The van der Waals surface area contributed by atoms with Crippen molar-refractivity contribution in [1.29, 1.82) is 0 Å². The van der Waals surface area contributed by atoms with E-state index in [9.17, 15) is 0 Å². The van der Waals surface area contributed by atoms with E-state index in [1.165, 1.54) is 12.8 Å². The Morgan fingerprint density at radius 1 is 1.60 bits per heavy atom. The average molecular weight is 226 g/mol. The predicted molar refractivity (Wildman–Crippen MR) is 61.6 cm³/mol. The van der Waals surface area contributed by atoms with Crippen molar-refractivity contribution in [3.63, 3.8) is 0 Å². The number of thioether (sulfide) groups is 1. The van der Waals surface area contributed by atoms with Crippen molar-refractivity contribution >= 4 is 11.8 Å². The van der Waals surface area contributed by atoms with Crippen LogP contribution in [-0.4, -0.2) is 26.1 Å². The zero-order valence-corrected chi connectivity index (χ0v) is 10.3. The fraction of sp³-hybridized carbons (Fsp3) is 0.800. The van der Waals surface area contributed by atoms with E-state index < -0.39 is 0 Å². The summed E-state index contributed by atoms with van der Waals surface area (Å²) in [5.74, 6) is 0. The van der Waals surface area contributed by atoms with Crippen LogP contribution < -0.4 is 5.73 Å². The molecule has 1 heterocycles. The third kappa shape index (κ3) is 2.03. The summed E-state index contributed by atoms with van der Waals surface area (Å²) in [6, 6.07) is 0.249. The maximum atomic E-state index is 6.25. The van der Waals surface area contributed by atoms with E-state index in [1.54, 1.807) is 18.1 Å². The number of aryl methyl sites for hydroxylation is 1. The van der Waals surface area contributed by atoms with E-state index in [0.717, 1.165) is 5.16 Å². The number of nitrogens with two attached hydrogens (primary N) is 1. The van der Waals surface area contributed by atoms with Crippen LogP contribution in [0.15, 0.2) is 11.5 Å². The molecule has 1 aromatic heterocycles. The minimum Gasteiger partial charge on any atom is -0.326 e. The molecule has 2 rings (SSSR count). The Bertz CT molecular complexity index is 347. The van der Waals surface area contributed by atoms with Crippen LogP contribution >= 0.6 is 11.8 Å². The maximum Gasteiger partial charge on any atom is 0.191 e. The van der Waals surface area contributed by atoms with Gasteiger partial charge in [0.2, 0.25) is 0 Å². The average Bonchev–Trinajstić information content (AvgIpc) is 2.66. The maximum absolute atomic E-state index is 6.25. The molecular formula is C10H18N4S. The van der Waals surface area contributed by atoms with Crippen LogP contribution in [0.2, 0.25) is 0 Å². The third-order valence-electron chi connectivity index (χ3n) is 3.30. The number of hydrogen-bond acceptors (Lipinski definition) is 4. The Hall–Kier alpha value is -0.550. The van der Waals surface area contributed by atoms with Gasteiger partial charge in [0.1, 0.15) is 6.33 Å². The first-order valence-electron chi connectivity index (χ1n) is 5.27. The van der Waals surface area contributed by atoms with Gasteiger partial charge in [-0.25, -0.2) is 0 Å². The van der Waals surface area contributed by atoms with Gasteiger partial charge in [-0.05, 0) is 18.3 Å². The van der Waals surface area contributed by atoms with Gasteiger partial charge in [0.25, 0.3) is 0 Å². The molecule has 2 atom stereocenters. The van der Waals surface area contributed by atoms with Gasteiger partial charge in [-0.15, -0.1) is 10.2 Å². The monoisotopic (exact) mass is 226 g/mol. The molecule has 1 aliphatic carbocycles. The molecule has 1 saturated carbocycles. The summed E-state index contributed by atoms with van der Waals surface area (Å²) in [6.07, 6.45) is 4.10. The van der Waals surface area contributed by atoms with E-state index in [-0.39, 0.29) is 11.5 Å². The first-order valence-corrected chi connectivity index (χ1v) is 6.15. The summed E-state index contributed by atoms with van der Waals surface area (Å²) < 4.78 is 1.95. The molecule has 15 heavy (non-hydrogen) atoms. The number of aromatic nitrogens is 3. The van der Waals surface area contributed by atoms with Gasteiger partial charge >= 0.3 is 0 Å². The smallest absolute Gasteiger partial charge is 0.191 e. The van der Waals surface area contributed by atoms with E-state index >= 15 is 0 Å². The number of hydrogen-bond donors (Lipinski definition) is 1. The summed E-state index contributed by atoms with van der Waals surface area (Å²) in [4.78, 5) is 0. The van der Waals surface area contributed by atoms with Crippen LogP contribution in [0.1, 0.15) is 26.7 Å². The first-order chi connectivity index (χ1) is 7.00. The molecule has 0 amide bonds. The minimum atomic E-state index is 0.249. The SMILES string of the molecule is Cn1cnnc1SC1CCC(C)(C)C1N. The van der Waals surface area contributed by atoms with Crippen molar-refractivity contribution in [3.8, 4) is 0 Å². The lowest BCUT2D eigenvalue weighted by atomic mass is 9.88. The van der Waals surface area contributed by atoms with Crippen LogP contribution in [-0.2, 0) is 7.05 Å². The van der Waals surface area contributed by atoms with Crippen molar-refractivity contribution < 1.29 is 0 Å². The topological polar surface area (TPSA) is 56.7 Å². The minimum absolute atomic E-state index is 0.249. The summed E-state index contributed by atoms with van der Waals surface area (Å²) in [7, 11) is 1.97. The van der Waals surface area contributed by atoms with Crippen LogP contribution in [0.3, 0.4) is 0 Å². The highest BCUT2D eigenvalue weighted by Crippen LogP contribution is 2.43. The van der Waals surface area contributed by atoms with E-state index in [4.69, 9.17) is 5.73 Å². The summed E-state index contributed by atoms with van der Waals surface area (Å²) in [5, 5.41) is 9.40. The van der Waals surface area contributed by atoms with Crippen LogP contribution in [0.25, 0.3) is 0 Å². The van der Waals surface area contributed by atoms with Crippen molar-refractivity contribution in [2.24, 2.45) is 18.2 Å². The lowest BCUT2D eigenvalue weighted by molar-refractivity contribution is 0.334. The molecule has 1 aromatic rings. The van der Waals surface area contributed by atoms with E-state index in [0.29, 0.717) is 5.25 Å². The third-order valence-corrected chi connectivity index (χ3v) is 4.71. The number of rotatable bonds is 2. The highest BCUT2D eigenvalue weighted by Gasteiger charge is 2.40. The highest BCUT2D eigenvalue weighted by molar-refractivity contribution is 7.99. The normalized spacial score (nSPS) is 29.6. The fourth-order valence-electron chi connectivity index (χ4n) is 2.01. The van der Waals surface area contributed by atoms with Gasteiger partial charge in [0.05, 0.1) is 0 Å². The first kappa shape index (κ1) is 11.0. The molecule has 0 radical (unpaired) electrons. The highest BCUT2D eigenvalue weighted by atomic mass is 32.2. The second-order valence-corrected chi connectivity index (χ2v) is 6.14. The van der Waals surface area contributed by atoms with Gasteiger partial charge in [0, 0.05) is 18.3 Å². The lowest BCUT2D eigenvalue weighted by Crippen LogP contribution is -2.38. The molecule has 1 aliphatic rings. The van der Waals surface area contributed by atoms with Gasteiger partial charge in [-0.2, -0.15) is 0 Å². The van der Waals surface area contributed by atoms with Gasteiger partial charge < -0.3 is 10.3 Å². The van der Waals surface area contributed by atoms with Crippen LogP contribution in [0.5, 0.6) is 0 Å². The van der Waals surface area contributed by atoms with Gasteiger partial charge in [0.15, 0.2) is 5.16 Å². The Labute approximate surface area is 94.6 Å². The zero-order chi connectivity index (χ0) is 11.1. The Kier molecular flexibility index (Phi) is 2.77. The molecule has 2 unspecified atom stereocenters. The second-order valence-electron chi connectivity index (χ2n) is 4.93. The molecule has 0 spiro atoms. The molecule has 0 saturated heterocycles. The van der Waals surface area contributed by atoms with Gasteiger partial charge in [-0.1, -0.05) is 25.6 Å². The molecule has 5 heteroatoms. The fourth-order valence-corrected chi connectivity index (χ4v) is 3.34. The predicted octanol–water partition coefficient (Wildman–Crippen LogP) is 1.42.